The van der Waals surface area contributed by atoms with Crippen LogP contribution < -0.4 is 5.32 Å². The Bertz CT molecular complexity index is 179. The maximum atomic E-state index is 13.0. The molecular formula is C9H18FNO3. The fourth-order valence-corrected chi connectivity index (χ4v) is 0.838. The van der Waals surface area contributed by atoms with Crippen molar-refractivity contribution < 1.29 is 19.0 Å². The van der Waals surface area contributed by atoms with Gasteiger partial charge in [0.2, 0.25) is 0 Å². The smallest absolute Gasteiger partial charge is 0.257 e. The molecule has 2 N–H and O–H groups in total. The van der Waals surface area contributed by atoms with E-state index in [1.807, 2.05) is 0 Å². The Morgan fingerprint density at radius 3 is 2.64 bits per heavy atom. The molecular weight excluding hydrogens is 189 g/mol. The molecule has 1 unspecified atom stereocenters. The van der Waals surface area contributed by atoms with Gasteiger partial charge in [-0.1, -0.05) is 0 Å². The number of nitrogens with one attached hydrogen (secondary N) is 1. The van der Waals surface area contributed by atoms with Crippen molar-refractivity contribution in [2.75, 3.05) is 20.3 Å². The molecule has 0 saturated heterocycles. The molecule has 0 aliphatic carbocycles. The lowest BCUT2D eigenvalue weighted by molar-refractivity contribution is -0.130. The molecule has 0 aromatic rings. The summed E-state index contributed by atoms with van der Waals surface area (Å²) in [6.07, 6.45) is -0.265. The lowest BCUT2D eigenvalue weighted by Gasteiger charge is -2.15. The zero-order valence-corrected chi connectivity index (χ0v) is 8.84. The molecule has 0 heterocycles. The van der Waals surface area contributed by atoms with E-state index < -0.39 is 17.7 Å². The molecule has 0 spiro atoms. The molecule has 14 heavy (non-hydrogen) atoms. The van der Waals surface area contributed by atoms with E-state index in [2.05, 4.69) is 5.32 Å². The van der Waals surface area contributed by atoms with Gasteiger partial charge in [0.05, 0.1) is 12.7 Å². The standard InChI is InChI=1S/C9H18FNO3/c1-9(2,10)8(13)11-5-4-7(12)6-14-3/h7,12H,4-6H2,1-3H3,(H,11,13). The number of hydrogen-bond donors (Lipinski definition) is 2. The molecule has 0 rings (SSSR count). The van der Waals surface area contributed by atoms with Gasteiger partial charge in [0, 0.05) is 13.7 Å². The van der Waals surface area contributed by atoms with E-state index in [-0.39, 0.29) is 13.2 Å². The number of ether oxygens (including phenoxy) is 1. The van der Waals surface area contributed by atoms with Gasteiger partial charge in [-0.2, -0.15) is 0 Å². The Hall–Kier alpha value is -0.680. The van der Waals surface area contributed by atoms with Crippen molar-refractivity contribution in [3.8, 4) is 0 Å². The number of halogens is 1. The Morgan fingerprint density at radius 2 is 2.21 bits per heavy atom. The molecule has 0 saturated carbocycles. The van der Waals surface area contributed by atoms with E-state index in [1.54, 1.807) is 0 Å². The number of methoxy groups -OCH3 is 1. The summed E-state index contributed by atoms with van der Waals surface area (Å²) in [6.45, 7) is 2.84. The summed E-state index contributed by atoms with van der Waals surface area (Å²) in [6, 6.07) is 0. The summed E-state index contributed by atoms with van der Waals surface area (Å²) in [4.78, 5) is 11.0. The summed E-state index contributed by atoms with van der Waals surface area (Å²) < 4.78 is 17.6. The SMILES string of the molecule is COCC(O)CCNC(=O)C(C)(C)F. The van der Waals surface area contributed by atoms with Gasteiger partial charge in [0.15, 0.2) is 5.67 Å². The van der Waals surface area contributed by atoms with Crippen molar-refractivity contribution in [3.63, 3.8) is 0 Å². The van der Waals surface area contributed by atoms with Crippen LogP contribution >= 0.6 is 0 Å². The monoisotopic (exact) mass is 207 g/mol. The van der Waals surface area contributed by atoms with Crippen molar-refractivity contribution in [1.82, 2.24) is 5.32 Å². The van der Waals surface area contributed by atoms with Gasteiger partial charge in [-0.3, -0.25) is 4.79 Å². The van der Waals surface area contributed by atoms with E-state index in [0.29, 0.717) is 6.42 Å². The number of aliphatic hydroxyl groups excluding tert-OH is 1. The maximum absolute atomic E-state index is 13.0. The quantitative estimate of drug-likeness (QED) is 0.656. The van der Waals surface area contributed by atoms with Crippen molar-refractivity contribution in [3.05, 3.63) is 0 Å². The Labute approximate surface area is 83.4 Å². The molecule has 0 bridgehead atoms. The third-order valence-electron chi connectivity index (χ3n) is 1.66. The number of rotatable bonds is 6. The van der Waals surface area contributed by atoms with Crippen LogP contribution in [0.1, 0.15) is 20.3 Å². The summed E-state index contributed by atoms with van der Waals surface area (Å²) in [5.41, 5.74) is -1.87. The Balaban J connectivity index is 3.59. The maximum Gasteiger partial charge on any atom is 0.257 e. The summed E-state index contributed by atoms with van der Waals surface area (Å²) in [5.74, 6) is -0.665. The van der Waals surface area contributed by atoms with Gasteiger partial charge in [0.1, 0.15) is 0 Å². The second-order valence-corrected chi connectivity index (χ2v) is 3.63. The molecule has 4 nitrogen and oxygen atoms in total. The molecule has 0 aliphatic rings. The van der Waals surface area contributed by atoms with Crippen LogP contribution in [0.15, 0.2) is 0 Å². The fraction of sp³-hybridized carbons (Fsp3) is 0.889. The highest BCUT2D eigenvalue weighted by molar-refractivity contribution is 5.83. The van der Waals surface area contributed by atoms with Crippen LogP contribution in [-0.4, -0.2) is 43.0 Å². The first kappa shape index (κ1) is 13.3. The number of aliphatic hydroxyl groups is 1. The first-order chi connectivity index (χ1) is 6.38. The van der Waals surface area contributed by atoms with Crippen LogP contribution in [0.25, 0.3) is 0 Å². The molecule has 0 aromatic heterocycles. The Kier molecular flexibility index (Phi) is 5.64. The summed E-state index contributed by atoms with van der Waals surface area (Å²) in [5, 5.41) is 11.6. The fourth-order valence-electron chi connectivity index (χ4n) is 0.838. The van der Waals surface area contributed by atoms with Crippen LogP contribution in [0.3, 0.4) is 0 Å². The second-order valence-electron chi connectivity index (χ2n) is 3.63. The van der Waals surface area contributed by atoms with E-state index in [4.69, 9.17) is 4.74 Å². The largest absolute Gasteiger partial charge is 0.391 e. The average Bonchev–Trinajstić information content (AvgIpc) is 2.02. The van der Waals surface area contributed by atoms with E-state index >= 15 is 0 Å². The molecule has 0 aromatic carbocycles. The molecule has 84 valence electrons. The third kappa shape index (κ3) is 5.88. The van der Waals surface area contributed by atoms with E-state index in [1.165, 1.54) is 21.0 Å². The van der Waals surface area contributed by atoms with Crippen LogP contribution in [0, 0.1) is 0 Å². The molecule has 1 atom stereocenters. The first-order valence-corrected chi connectivity index (χ1v) is 4.52. The zero-order chi connectivity index (χ0) is 11.2. The van der Waals surface area contributed by atoms with Crippen molar-refractivity contribution >= 4 is 5.91 Å². The van der Waals surface area contributed by atoms with Crippen LogP contribution in [-0.2, 0) is 9.53 Å². The Morgan fingerprint density at radius 1 is 1.64 bits per heavy atom. The number of carbonyl (C=O) groups is 1. The molecule has 1 amide bonds. The van der Waals surface area contributed by atoms with E-state index in [0.717, 1.165) is 0 Å². The van der Waals surface area contributed by atoms with Gasteiger partial charge in [-0.25, -0.2) is 4.39 Å². The number of amides is 1. The minimum Gasteiger partial charge on any atom is -0.391 e. The second kappa shape index (κ2) is 5.93. The average molecular weight is 207 g/mol. The lowest BCUT2D eigenvalue weighted by Crippen LogP contribution is -2.40. The number of carbonyl (C=O) groups excluding carboxylic acids is 1. The minimum atomic E-state index is -1.87. The molecule has 0 aliphatic heterocycles. The first-order valence-electron chi connectivity index (χ1n) is 4.52. The van der Waals surface area contributed by atoms with Gasteiger partial charge < -0.3 is 15.2 Å². The highest BCUT2D eigenvalue weighted by Gasteiger charge is 2.25. The normalized spacial score (nSPS) is 13.8. The van der Waals surface area contributed by atoms with Gasteiger partial charge in [-0.15, -0.1) is 0 Å². The molecule has 0 radical (unpaired) electrons. The minimum absolute atomic E-state index is 0.217. The van der Waals surface area contributed by atoms with Crippen molar-refractivity contribution in [2.24, 2.45) is 0 Å². The van der Waals surface area contributed by atoms with Crippen LogP contribution in [0.4, 0.5) is 4.39 Å². The topological polar surface area (TPSA) is 58.6 Å². The molecule has 5 heteroatoms. The summed E-state index contributed by atoms with van der Waals surface area (Å²) >= 11 is 0. The summed E-state index contributed by atoms with van der Waals surface area (Å²) in [7, 11) is 1.48. The molecule has 0 fully saturated rings. The predicted octanol–water partition coefficient (Wildman–Crippen LogP) is 0.248. The van der Waals surface area contributed by atoms with Gasteiger partial charge in [-0.05, 0) is 20.3 Å². The van der Waals surface area contributed by atoms with Crippen LogP contribution in [0.5, 0.6) is 0 Å². The number of hydrogen-bond acceptors (Lipinski definition) is 3. The lowest BCUT2D eigenvalue weighted by atomic mass is 10.1. The van der Waals surface area contributed by atoms with Crippen molar-refractivity contribution in [2.45, 2.75) is 32.0 Å². The van der Waals surface area contributed by atoms with Crippen molar-refractivity contribution in [1.29, 1.82) is 0 Å². The number of alkyl halides is 1. The van der Waals surface area contributed by atoms with E-state index in [9.17, 15) is 14.3 Å². The highest BCUT2D eigenvalue weighted by Crippen LogP contribution is 2.07. The zero-order valence-electron chi connectivity index (χ0n) is 8.84. The third-order valence-corrected chi connectivity index (χ3v) is 1.66. The van der Waals surface area contributed by atoms with Gasteiger partial charge >= 0.3 is 0 Å². The van der Waals surface area contributed by atoms with Crippen LogP contribution in [0.2, 0.25) is 0 Å². The predicted molar refractivity (Wildman–Crippen MR) is 50.7 cm³/mol. The van der Waals surface area contributed by atoms with Gasteiger partial charge in [0.25, 0.3) is 5.91 Å². The highest BCUT2D eigenvalue weighted by atomic mass is 19.1.